The number of rotatable bonds is 5. The summed E-state index contributed by atoms with van der Waals surface area (Å²) in [6.07, 6.45) is 3.54. The van der Waals surface area contributed by atoms with Crippen molar-refractivity contribution in [1.82, 2.24) is 15.6 Å². The van der Waals surface area contributed by atoms with Gasteiger partial charge in [0.15, 0.2) is 0 Å². The lowest BCUT2D eigenvalue weighted by Gasteiger charge is -2.10. The van der Waals surface area contributed by atoms with E-state index in [0.717, 1.165) is 32.5 Å². The van der Waals surface area contributed by atoms with Gasteiger partial charge in [0.05, 0.1) is 11.1 Å². The lowest BCUT2D eigenvalue weighted by Crippen LogP contribution is -2.34. The molecule has 0 aliphatic carbocycles. The molecule has 15 heavy (non-hydrogen) atoms. The Labute approximate surface area is 93.7 Å². The Bertz CT molecular complexity index is 278. The summed E-state index contributed by atoms with van der Waals surface area (Å²) in [4.78, 5) is 4.22. The van der Waals surface area contributed by atoms with Gasteiger partial charge < -0.3 is 15.7 Å². The average Bonchev–Trinajstić information content (AvgIpc) is 2.84. The highest BCUT2D eigenvalue weighted by molar-refractivity contribution is 7.09. The van der Waals surface area contributed by atoms with E-state index in [1.165, 1.54) is 5.01 Å². The van der Waals surface area contributed by atoms with Gasteiger partial charge in [-0.3, -0.25) is 0 Å². The number of thiazole rings is 1. The zero-order valence-corrected chi connectivity index (χ0v) is 9.46. The molecule has 1 aromatic rings. The fourth-order valence-corrected chi connectivity index (χ4v) is 2.42. The quantitative estimate of drug-likeness (QED) is 0.620. The van der Waals surface area contributed by atoms with Crippen molar-refractivity contribution in [1.29, 1.82) is 0 Å². The van der Waals surface area contributed by atoms with Gasteiger partial charge in [-0.25, -0.2) is 4.98 Å². The molecule has 84 valence electrons. The molecule has 0 spiro atoms. The summed E-state index contributed by atoms with van der Waals surface area (Å²) in [6.45, 7) is 2.63. The molecule has 1 saturated heterocycles. The van der Waals surface area contributed by atoms with Crippen LogP contribution in [0.15, 0.2) is 11.6 Å². The zero-order chi connectivity index (χ0) is 10.5. The first-order valence-corrected chi connectivity index (χ1v) is 6.23. The number of hydrogen-bond acceptors (Lipinski definition) is 5. The van der Waals surface area contributed by atoms with Gasteiger partial charge in [0, 0.05) is 43.7 Å². The Kier molecular flexibility index (Phi) is 4.08. The van der Waals surface area contributed by atoms with Crippen molar-refractivity contribution in [2.24, 2.45) is 0 Å². The Morgan fingerprint density at radius 1 is 1.67 bits per heavy atom. The van der Waals surface area contributed by atoms with E-state index in [1.807, 2.05) is 11.6 Å². The molecule has 0 amide bonds. The van der Waals surface area contributed by atoms with E-state index in [4.69, 9.17) is 0 Å². The molecule has 3 N–H and O–H groups in total. The van der Waals surface area contributed by atoms with Gasteiger partial charge in [-0.2, -0.15) is 0 Å². The van der Waals surface area contributed by atoms with Gasteiger partial charge in [0.1, 0.15) is 0 Å². The topological polar surface area (TPSA) is 57.2 Å². The normalized spacial score (nSPS) is 25.9. The molecule has 2 atom stereocenters. The molecule has 0 radical (unpaired) electrons. The van der Waals surface area contributed by atoms with Crippen LogP contribution in [-0.2, 0) is 6.42 Å². The van der Waals surface area contributed by atoms with Gasteiger partial charge in [0.25, 0.3) is 0 Å². The van der Waals surface area contributed by atoms with E-state index in [2.05, 4.69) is 15.6 Å². The van der Waals surface area contributed by atoms with E-state index in [9.17, 15) is 5.11 Å². The maximum Gasteiger partial charge on any atom is 0.0937 e. The molecular weight excluding hydrogens is 210 g/mol. The summed E-state index contributed by atoms with van der Waals surface area (Å²) in [6, 6.07) is 0.427. The summed E-state index contributed by atoms with van der Waals surface area (Å²) in [7, 11) is 0. The first-order valence-electron chi connectivity index (χ1n) is 5.35. The largest absolute Gasteiger partial charge is 0.392 e. The maximum atomic E-state index is 9.31. The minimum absolute atomic E-state index is 0.157. The van der Waals surface area contributed by atoms with Crippen LogP contribution in [0.5, 0.6) is 0 Å². The SMILES string of the molecule is OC1CNC(CNCCc2nccs2)C1. The van der Waals surface area contributed by atoms with Gasteiger partial charge in [-0.15, -0.1) is 11.3 Å². The lowest BCUT2D eigenvalue weighted by molar-refractivity contribution is 0.193. The Morgan fingerprint density at radius 3 is 3.27 bits per heavy atom. The van der Waals surface area contributed by atoms with Crippen LogP contribution in [0, 0.1) is 0 Å². The van der Waals surface area contributed by atoms with E-state index in [1.54, 1.807) is 11.3 Å². The summed E-state index contributed by atoms with van der Waals surface area (Å²) in [5.41, 5.74) is 0. The highest BCUT2D eigenvalue weighted by Crippen LogP contribution is 2.05. The lowest BCUT2D eigenvalue weighted by atomic mass is 10.2. The van der Waals surface area contributed by atoms with Crippen LogP contribution in [0.1, 0.15) is 11.4 Å². The van der Waals surface area contributed by atoms with E-state index in [0.29, 0.717) is 6.04 Å². The van der Waals surface area contributed by atoms with E-state index >= 15 is 0 Å². The minimum atomic E-state index is -0.157. The van der Waals surface area contributed by atoms with E-state index < -0.39 is 0 Å². The predicted octanol–water partition coefficient (Wildman–Crippen LogP) is -0.00200. The second-order valence-electron chi connectivity index (χ2n) is 3.87. The predicted molar refractivity (Wildman–Crippen MR) is 61.1 cm³/mol. The molecule has 4 nitrogen and oxygen atoms in total. The number of nitrogens with one attached hydrogen (secondary N) is 2. The van der Waals surface area contributed by atoms with E-state index in [-0.39, 0.29) is 6.10 Å². The van der Waals surface area contributed by atoms with Gasteiger partial charge in [0.2, 0.25) is 0 Å². The Hall–Kier alpha value is -0.490. The molecule has 1 aliphatic heterocycles. The van der Waals surface area contributed by atoms with Crippen molar-refractivity contribution in [3.8, 4) is 0 Å². The van der Waals surface area contributed by atoms with Gasteiger partial charge in [-0.05, 0) is 6.42 Å². The maximum absolute atomic E-state index is 9.31. The number of aliphatic hydroxyl groups is 1. The average molecular weight is 227 g/mol. The molecule has 5 heteroatoms. The highest BCUT2D eigenvalue weighted by Gasteiger charge is 2.20. The van der Waals surface area contributed by atoms with Crippen LogP contribution < -0.4 is 10.6 Å². The summed E-state index contributed by atoms with van der Waals surface area (Å²) in [5, 5.41) is 19.1. The number of hydrogen-bond donors (Lipinski definition) is 3. The Morgan fingerprint density at radius 2 is 2.60 bits per heavy atom. The molecule has 0 bridgehead atoms. The minimum Gasteiger partial charge on any atom is -0.392 e. The molecule has 0 saturated carbocycles. The molecule has 2 rings (SSSR count). The van der Waals surface area contributed by atoms with Crippen LogP contribution in [0.4, 0.5) is 0 Å². The first-order chi connectivity index (χ1) is 7.34. The molecule has 1 aliphatic rings. The Balaban J connectivity index is 1.55. The molecule has 2 unspecified atom stereocenters. The monoisotopic (exact) mass is 227 g/mol. The summed E-state index contributed by atoms with van der Waals surface area (Å²) in [5.74, 6) is 0. The van der Waals surface area contributed by atoms with Crippen molar-refractivity contribution in [2.45, 2.75) is 25.0 Å². The molecular formula is C10H17N3OS. The van der Waals surface area contributed by atoms with Crippen LogP contribution in [0.3, 0.4) is 0 Å². The number of β-amino-alcohol motifs (C(OH)–C–C–N with tert-alkyl or cyclic N) is 1. The summed E-state index contributed by atoms with van der Waals surface area (Å²) < 4.78 is 0. The van der Waals surface area contributed by atoms with Crippen molar-refractivity contribution in [3.05, 3.63) is 16.6 Å². The van der Waals surface area contributed by atoms with Crippen LogP contribution in [0.2, 0.25) is 0 Å². The van der Waals surface area contributed by atoms with Gasteiger partial charge in [-0.1, -0.05) is 0 Å². The van der Waals surface area contributed by atoms with Crippen molar-refractivity contribution in [2.75, 3.05) is 19.6 Å². The van der Waals surface area contributed by atoms with Crippen molar-refractivity contribution < 1.29 is 5.11 Å². The zero-order valence-electron chi connectivity index (χ0n) is 8.65. The van der Waals surface area contributed by atoms with Crippen LogP contribution >= 0.6 is 11.3 Å². The third-order valence-electron chi connectivity index (χ3n) is 2.59. The van der Waals surface area contributed by atoms with Crippen LogP contribution in [0.25, 0.3) is 0 Å². The van der Waals surface area contributed by atoms with Gasteiger partial charge >= 0.3 is 0 Å². The fraction of sp³-hybridized carbons (Fsp3) is 0.700. The second-order valence-corrected chi connectivity index (χ2v) is 4.85. The standard InChI is InChI=1S/C10H17N3OS/c14-9-5-8(13-7-9)6-11-2-1-10-12-3-4-15-10/h3-4,8-9,11,13-14H,1-2,5-7H2. The number of aromatic nitrogens is 1. The fourth-order valence-electron chi connectivity index (χ4n) is 1.80. The number of aliphatic hydroxyl groups excluding tert-OH is 1. The second kappa shape index (κ2) is 5.55. The summed E-state index contributed by atoms with van der Waals surface area (Å²) >= 11 is 1.70. The molecule has 2 heterocycles. The highest BCUT2D eigenvalue weighted by atomic mass is 32.1. The van der Waals surface area contributed by atoms with Crippen LogP contribution in [-0.4, -0.2) is 41.9 Å². The first kappa shape index (κ1) is 11.0. The third kappa shape index (κ3) is 3.53. The molecule has 1 aromatic heterocycles. The third-order valence-corrected chi connectivity index (χ3v) is 3.43. The molecule has 0 aromatic carbocycles. The smallest absolute Gasteiger partial charge is 0.0937 e. The number of nitrogens with zero attached hydrogens (tertiary/aromatic N) is 1. The van der Waals surface area contributed by atoms with Crippen molar-refractivity contribution in [3.63, 3.8) is 0 Å². The molecule has 1 fully saturated rings. The van der Waals surface area contributed by atoms with Crippen molar-refractivity contribution >= 4 is 11.3 Å².